The molecule has 82 valence electrons. The molecule has 0 saturated heterocycles. The Bertz CT molecular complexity index is 319. The maximum atomic E-state index is 5.18. The van der Waals surface area contributed by atoms with E-state index >= 15 is 0 Å². The van der Waals surface area contributed by atoms with Crippen LogP contribution in [-0.2, 0) is 0 Å². The van der Waals surface area contributed by atoms with Gasteiger partial charge in [0, 0.05) is 30.1 Å². The Labute approximate surface area is 99.3 Å². The average Bonchev–Trinajstić information content (AvgIpc) is 2.86. The van der Waals surface area contributed by atoms with Crippen molar-refractivity contribution in [2.45, 2.75) is 31.7 Å². The molecule has 0 amide bonds. The van der Waals surface area contributed by atoms with Gasteiger partial charge in [0.25, 0.3) is 0 Å². The Kier molecular flexibility index (Phi) is 3.53. The molecule has 1 atom stereocenters. The van der Waals surface area contributed by atoms with Crippen molar-refractivity contribution in [1.29, 1.82) is 0 Å². The second-order valence-corrected chi connectivity index (χ2v) is 5.23. The van der Waals surface area contributed by atoms with E-state index < -0.39 is 0 Å². The fraction of sp³-hybridized carbons (Fsp3) is 0.600. The number of rotatable bonds is 4. The summed E-state index contributed by atoms with van der Waals surface area (Å²) in [7, 11) is 0. The minimum absolute atomic E-state index is 0.420. The number of aromatic nitrogens is 1. The normalized spacial score (nSPS) is 17.1. The zero-order chi connectivity index (χ0) is 10.7. The van der Waals surface area contributed by atoms with Crippen LogP contribution in [0.5, 0.6) is 0 Å². The average molecular weight is 241 g/mol. The van der Waals surface area contributed by atoms with Crippen LogP contribution in [0.2, 0.25) is 0 Å². The Morgan fingerprint density at radius 3 is 3.13 bits per heavy atom. The van der Waals surface area contributed by atoms with Crippen molar-refractivity contribution >= 4 is 28.7 Å². The molecule has 1 unspecified atom stereocenters. The SMILES string of the molecule is CC(CNC(=S)NC1CC1)c1nccs1. The monoisotopic (exact) mass is 241 g/mol. The molecule has 2 N–H and O–H groups in total. The van der Waals surface area contributed by atoms with Crippen LogP contribution in [0.15, 0.2) is 11.6 Å². The summed E-state index contributed by atoms with van der Waals surface area (Å²) in [6.07, 6.45) is 4.35. The topological polar surface area (TPSA) is 37.0 Å². The van der Waals surface area contributed by atoms with E-state index in [9.17, 15) is 0 Å². The molecule has 1 saturated carbocycles. The molecule has 5 heteroatoms. The van der Waals surface area contributed by atoms with E-state index in [1.807, 2.05) is 11.6 Å². The molecule has 1 aliphatic carbocycles. The molecule has 1 fully saturated rings. The first-order valence-corrected chi connectivity index (χ1v) is 6.48. The van der Waals surface area contributed by atoms with Gasteiger partial charge in [-0.05, 0) is 25.1 Å². The van der Waals surface area contributed by atoms with E-state index in [1.165, 1.54) is 12.8 Å². The zero-order valence-electron chi connectivity index (χ0n) is 8.69. The molecule has 0 radical (unpaired) electrons. The molecule has 15 heavy (non-hydrogen) atoms. The molecule has 1 aromatic heterocycles. The molecule has 1 aliphatic rings. The standard InChI is InChI=1S/C10H15N3S2/c1-7(9-11-4-5-15-9)6-12-10(14)13-8-2-3-8/h4-5,7-8H,2-3,6H2,1H3,(H2,12,13,14). The van der Waals surface area contributed by atoms with Gasteiger partial charge in [-0.25, -0.2) is 4.98 Å². The summed E-state index contributed by atoms with van der Waals surface area (Å²) in [5.74, 6) is 0.420. The van der Waals surface area contributed by atoms with E-state index in [1.54, 1.807) is 11.3 Å². The van der Waals surface area contributed by atoms with Crippen LogP contribution in [0.4, 0.5) is 0 Å². The molecule has 0 spiro atoms. The van der Waals surface area contributed by atoms with Crippen molar-refractivity contribution in [2.24, 2.45) is 0 Å². The Balaban J connectivity index is 1.70. The van der Waals surface area contributed by atoms with E-state index in [4.69, 9.17) is 12.2 Å². The summed E-state index contributed by atoms with van der Waals surface area (Å²) in [5, 5.41) is 10.4. The first kappa shape index (κ1) is 10.8. The van der Waals surface area contributed by atoms with Gasteiger partial charge in [-0.2, -0.15) is 0 Å². The largest absolute Gasteiger partial charge is 0.362 e. The van der Waals surface area contributed by atoms with E-state index in [-0.39, 0.29) is 0 Å². The molecule has 3 nitrogen and oxygen atoms in total. The summed E-state index contributed by atoms with van der Waals surface area (Å²) in [4.78, 5) is 4.28. The lowest BCUT2D eigenvalue weighted by molar-refractivity contribution is 0.702. The lowest BCUT2D eigenvalue weighted by Gasteiger charge is -2.12. The van der Waals surface area contributed by atoms with E-state index in [0.29, 0.717) is 12.0 Å². The van der Waals surface area contributed by atoms with Crippen LogP contribution in [0, 0.1) is 0 Å². The third kappa shape index (κ3) is 3.43. The number of nitrogens with one attached hydrogen (secondary N) is 2. The first-order valence-electron chi connectivity index (χ1n) is 5.19. The summed E-state index contributed by atoms with van der Waals surface area (Å²) < 4.78 is 0. The number of hydrogen-bond acceptors (Lipinski definition) is 3. The van der Waals surface area contributed by atoms with Gasteiger partial charge >= 0.3 is 0 Å². The third-order valence-electron chi connectivity index (χ3n) is 2.35. The molecule has 0 aliphatic heterocycles. The van der Waals surface area contributed by atoms with Crippen LogP contribution in [0.25, 0.3) is 0 Å². The van der Waals surface area contributed by atoms with Crippen molar-refractivity contribution < 1.29 is 0 Å². The molecule has 1 aromatic rings. The predicted molar refractivity (Wildman–Crippen MR) is 67.3 cm³/mol. The van der Waals surface area contributed by atoms with Crippen LogP contribution >= 0.6 is 23.6 Å². The number of nitrogens with zero attached hydrogens (tertiary/aromatic N) is 1. The molecular weight excluding hydrogens is 226 g/mol. The first-order chi connectivity index (χ1) is 7.25. The summed E-state index contributed by atoms with van der Waals surface area (Å²) in [5.41, 5.74) is 0. The highest BCUT2D eigenvalue weighted by Gasteiger charge is 2.21. The second-order valence-electron chi connectivity index (χ2n) is 3.90. The van der Waals surface area contributed by atoms with Crippen LogP contribution in [-0.4, -0.2) is 22.7 Å². The lowest BCUT2D eigenvalue weighted by Crippen LogP contribution is -2.38. The molecule has 0 bridgehead atoms. The van der Waals surface area contributed by atoms with Gasteiger partial charge in [0.15, 0.2) is 5.11 Å². The highest BCUT2D eigenvalue weighted by atomic mass is 32.1. The predicted octanol–water partition coefficient (Wildman–Crippen LogP) is 1.87. The molecule has 2 rings (SSSR count). The van der Waals surface area contributed by atoms with Crippen LogP contribution in [0.1, 0.15) is 30.7 Å². The number of hydrogen-bond donors (Lipinski definition) is 2. The maximum Gasteiger partial charge on any atom is 0.166 e. The molecule has 1 heterocycles. The van der Waals surface area contributed by atoms with Gasteiger partial charge in [0.1, 0.15) is 0 Å². The zero-order valence-corrected chi connectivity index (χ0v) is 10.3. The quantitative estimate of drug-likeness (QED) is 0.789. The highest BCUT2D eigenvalue weighted by Crippen LogP contribution is 2.19. The highest BCUT2D eigenvalue weighted by molar-refractivity contribution is 7.80. The number of thiocarbonyl (C=S) groups is 1. The smallest absolute Gasteiger partial charge is 0.166 e. The lowest BCUT2D eigenvalue weighted by atomic mass is 10.2. The Morgan fingerprint density at radius 1 is 1.73 bits per heavy atom. The van der Waals surface area contributed by atoms with Crippen LogP contribution in [0.3, 0.4) is 0 Å². The van der Waals surface area contributed by atoms with Gasteiger partial charge in [0.05, 0.1) is 5.01 Å². The van der Waals surface area contributed by atoms with Crippen molar-refractivity contribution in [3.8, 4) is 0 Å². The fourth-order valence-electron chi connectivity index (χ4n) is 1.28. The van der Waals surface area contributed by atoms with Crippen molar-refractivity contribution in [1.82, 2.24) is 15.6 Å². The second kappa shape index (κ2) is 4.90. The van der Waals surface area contributed by atoms with Gasteiger partial charge in [-0.15, -0.1) is 11.3 Å². The van der Waals surface area contributed by atoms with E-state index in [0.717, 1.165) is 16.7 Å². The Morgan fingerprint density at radius 2 is 2.53 bits per heavy atom. The van der Waals surface area contributed by atoms with Gasteiger partial charge in [-0.1, -0.05) is 6.92 Å². The van der Waals surface area contributed by atoms with E-state index in [2.05, 4.69) is 22.5 Å². The Hall–Kier alpha value is -0.680. The minimum atomic E-state index is 0.420. The third-order valence-corrected chi connectivity index (χ3v) is 3.62. The molecular formula is C10H15N3S2. The van der Waals surface area contributed by atoms with Gasteiger partial charge in [-0.3, -0.25) is 0 Å². The maximum absolute atomic E-state index is 5.18. The van der Waals surface area contributed by atoms with Gasteiger partial charge in [0.2, 0.25) is 0 Å². The summed E-state index contributed by atoms with van der Waals surface area (Å²) in [6.45, 7) is 3.01. The fourth-order valence-corrected chi connectivity index (χ4v) is 2.22. The van der Waals surface area contributed by atoms with Gasteiger partial charge < -0.3 is 10.6 Å². The molecule has 0 aromatic carbocycles. The number of thiazole rings is 1. The summed E-state index contributed by atoms with van der Waals surface area (Å²) >= 11 is 6.87. The minimum Gasteiger partial charge on any atom is -0.362 e. The van der Waals surface area contributed by atoms with Crippen molar-refractivity contribution in [3.05, 3.63) is 16.6 Å². The summed E-state index contributed by atoms with van der Waals surface area (Å²) in [6, 6.07) is 0.625. The van der Waals surface area contributed by atoms with Crippen molar-refractivity contribution in [2.75, 3.05) is 6.54 Å². The van der Waals surface area contributed by atoms with Crippen molar-refractivity contribution in [3.63, 3.8) is 0 Å². The van der Waals surface area contributed by atoms with Crippen LogP contribution < -0.4 is 10.6 Å².